The Morgan fingerprint density at radius 1 is 1.50 bits per heavy atom. The first-order chi connectivity index (χ1) is 8.56. The van der Waals surface area contributed by atoms with Gasteiger partial charge in [-0.15, -0.1) is 0 Å². The molecule has 0 bridgehead atoms. The van der Waals surface area contributed by atoms with Crippen molar-refractivity contribution in [3.63, 3.8) is 0 Å². The van der Waals surface area contributed by atoms with Gasteiger partial charge in [-0.05, 0) is 25.0 Å². The maximum Gasteiger partial charge on any atom is 0.137 e. The maximum absolute atomic E-state index is 13.9. The monoisotopic (exact) mass is 265 g/mol. The quantitative estimate of drug-likeness (QED) is 0.924. The first kappa shape index (κ1) is 13.1. The lowest BCUT2D eigenvalue weighted by Crippen LogP contribution is -2.18. The Hall–Kier alpha value is -1.33. The Kier molecular flexibility index (Phi) is 4.04. The molecule has 2 aromatic rings. The summed E-state index contributed by atoms with van der Waals surface area (Å²) in [7, 11) is 1.84. The zero-order valence-electron chi connectivity index (χ0n) is 10.4. The van der Waals surface area contributed by atoms with Gasteiger partial charge in [-0.2, -0.15) is 5.10 Å². The number of nitrogens with zero attached hydrogens (tertiary/aromatic N) is 2. The van der Waals surface area contributed by atoms with Crippen LogP contribution in [0.5, 0.6) is 0 Å². The van der Waals surface area contributed by atoms with Gasteiger partial charge in [0, 0.05) is 19.3 Å². The number of nitrogens with two attached hydrogens (primary N) is 1. The summed E-state index contributed by atoms with van der Waals surface area (Å²) in [5.74, 6) is -0.206. The number of rotatable bonds is 4. The Bertz CT molecular complexity index is 537. The highest BCUT2D eigenvalue weighted by atomic mass is 32.2. The SMILES string of the molecule is CC(N)Cc1cccc(F)c1Sc1cnn(C)c1. The highest BCUT2D eigenvalue weighted by Crippen LogP contribution is 2.32. The molecular weight excluding hydrogens is 249 g/mol. The molecule has 0 saturated carbocycles. The molecule has 1 unspecified atom stereocenters. The Morgan fingerprint density at radius 3 is 2.89 bits per heavy atom. The third kappa shape index (κ3) is 3.11. The Balaban J connectivity index is 2.30. The lowest BCUT2D eigenvalue weighted by molar-refractivity contribution is 0.593. The van der Waals surface area contributed by atoms with Gasteiger partial charge in [0.15, 0.2) is 0 Å². The van der Waals surface area contributed by atoms with Crippen LogP contribution in [0, 0.1) is 5.82 Å². The summed E-state index contributed by atoms with van der Waals surface area (Å²) in [5, 5.41) is 4.08. The van der Waals surface area contributed by atoms with Crippen LogP contribution in [0.15, 0.2) is 40.4 Å². The van der Waals surface area contributed by atoms with Gasteiger partial charge in [0.2, 0.25) is 0 Å². The Morgan fingerprint density at radius 2 is 2.28 bits per heavy atom. The minimum absolute atomic E-state index is 0.0139. The maximum atomic E-state index is 13.9. The molecule has 0 aliphatic heterocycles. The second kappa shape index (κ2) is 5.54. The molecule has 2 N–H and O–H groups in total. The van der Waals surface area contributed by atoms with E-state index in [0.29, 0.717) is 11.3 Å². The van der Waals surface area contributed by atoms with Gasteiger partial charge < -0.3 is 5.73 Å². The van der Waals surface area contributed by atoms with Gasteiger partial charge in [0.25, 0.3) is 0 Å². The van der Waals surface area contributed by atoms with Crippen LogP contribution in [0.3, 0.4) is 0 Å². The number of hydrogen-bond donors (Lipinski definition) is 1. The fraction of sp³-hybridized carbons (Fsp3) is 0.308. The molecule has 96 valence electrons. The number of halogens is 1. The van der Waals surface area contributed by atoms with Crippen molar-refractivity contribution in [2.75, 3.05) is 0 Å². The van der Waals surface area contributed by atoms with Gasteiger partial charge in [0.05, 0.1) is 16.0 Å². The highest BCUT2D eigenvalue weighted by Gasteiger charge is 2.12. The van der Waals surface area contributed by atoms with E-state index in [2.05, 4.69) is 5.10 Å². The van der Waals surface area contributed by atoms with E-state index in [4.69, 9.17) is 5.73 Å². The molecule has 0 saturated heterocycles. The van der Waals surface area contributed by atoms with Crippen molar-refractivity contribution in [3.8, 4) is 0 Å². The molecule has 2 rings (SSSR count). The van der Waals surface area contributed by atoms with Crippen LogP contribution in [0.4, 0.5) is 4.39 Å². The van der Waals surface area contributed by atoms with E-state index in [9.17, 15) is 4.39 Å². The van der Waals surface area contributed by atoms with Gasteiger partial charge in [-0.3, -0.25) is 4.68 Å². The third-order valence-corrected chi connectivity index (χ3v) is 3.60. The fourth-order valence-corrected chi connectivity index (χ4v) is 2.73. The van der Waals surface area contributed by atoms with E-state index in [1.165, 1.54) is 17.8 Å². The van der Waals surface area contributed by atoms with Crippen LogP contribution < -0.4 is 5.73 Å². The molecule has 0 spiro atoms. The highest BCUT2D eigenvalue weighted by molar-refractivity contribution is 7.99. The Labute approximate surface area is 110 Å². The summed E-state index contributed by atoms with van der Waals surface area (Å²) in [6.45, 7) is 1.92. The average Bonchev–Trinajstić information content (AvgIpc) is 2.68. The van der Waals surface area contributed by atoms with Crippen LogP contribution in [-0.2, 0) is 13.5 Å². The lowest BCUT2D eigenvalue weighted by atomic mass is 10.1. The van der Waals surface area contributed by atoms with Crippen LogP contribution in [-0.4, -0.2) is 15.8 Å². The fourth-order valence-electron chi connectivity index (χ4n) is 1.74. The summed E-state index contributed by atoms with van der Waals surface area (Å²) in [4.78, 5) is 1.57. The standard InChI is InChI=1S/C13H16FN3S/c1-9(15)6-10-4-3-5-12(14)13(10)18-11-7-16-17(2)8-11/h3-5,7-9H,6,15H2,1-2H3. The predicted octanol–water partition coefficient (Wildman–Crippen LogP) is 2.60. The van der Waals surface area contributed by atoms with Crippen molar-refractivity contribution in [1.29, 1.82) is 0 Å². The van der Waals surface area contributed by atoms with Crippen LogP contribution >= 0.6 is 11.8 Å². The molecule has 0 aliphatic rings. The normalized spacial score (nSPS) is 12.7. The van der Waals surface area contributed by atoms with Crippen molar-refractivity contribution in [1.82, 2.24) is 9.78 Å². The van der Waals surface area contributed by atoms with E-state index in [-0.39, 0.29) is 11.9 Å². The summed E-state index contributed by atoms with van der Waals surface area (Å²) in [6, 6.07) is 5.13. The molecular formula is C13H16FN3S. The summed E-state index contributed by atoms with van der Waals surface area (Å²) in [5.41, 5.74) is 6.74. The summed E-state index contributed by atoms with van der Waals surface area (Å²) >= 11 is 1.39. The van der Waals surface area contributed by atoms with E-state index >= 15 is 0 Å². The van der Waals surface area contributed by atoms with E-state index < -0.39 is 0 Å². The molecule has 3 nitrogen and oxygen atoms in total. The molecule has 1 heterocycles. The van der Waals surface area contributed by atoms with Gasteiger partial charge in [-0.25, -0.2) is 4.39 Å². The molecule has 0 fully saturated rings. The van der Waals surface area contributed by atoms with Gasteiger partial charge in [0.1, 0.15) is 5.82 Å². The number of hydrogen-bond acceptors (Lipinski definition) is 3. The van der Waals surface area contributed by atoms with E-state index in [0.717, 1.165) is 10.5 Å². The van der Waals surface area contributed by atoms with Crippen molar-refractivity contribution in [3.05, 3.63) is 42.0 Å². The zero-order valence-corrected chi connectivity index (χ0v) is 11.2. The number of aromatic nitrogens is 2. The van der Waals surface area contributed by atoms with E-state index in [1.807, 2.05) is 26.2 Å². The molecule has 18 heavy (non-hydrogen) atoms. The van der Waals surface area contributed by atoms with Crippen LogP contribution in [0.2, 0.25) is 0 Å². The third-order valence-electron chi connectivity index (χ3n) is 2.49. The number of benzene rings is 1. The molecule has 0 amide bonds. The molecule has 5 heteroatoms. The number of aryl methyl sites for hydroxylation is 1. The first-order valence-electron chi connectivity index (χ1n) is 5.75. The largest absolute Gasteiger partial charge is 0.328 e. The van der Waals surface area contributed by atoms with Crippen LogP contribution in [0.1, 0.15) is 12.5 Å². The summed E-state index contributed by atoms with van der Waals surface area (Å²) in [6.07, 6.45) is 4.26. The van der Waals surface area contributed by atoms with Crippen molar-refractivity contribution < 1.29 is 4.39 Å². The predicted molar refractivity (Wildman–Crippen MR) is 71.1 cm³/mol. The average molecular weight is 265 g/mol. The summed E-state index contributed by atoms with van der Waals surface area (Å²) < 4.78 is 15.6. The first-order valence-corrected chi connectivity index (χ1v) is 6.57. The second-order valence-electron chi connectivity index (χ2n) is 4.36. The van der Waals surface area contributed by atoms with Crippen molar-refractivity contribution in [2.24, 2.45) is 12.8 Å². The van der Waals surface area contributed by atoms with Gasteiger partial charge >= 0.3 is 0 Å². The van der Waals surface area contributed by atoms with Crippen molar-refractivity contribution >= 4 is 11.8 Å². The zero-order chi connectivity index (χ0) is 13.1. The van der Waals surface area contributed by atoms with E-state index in [1.54, 1.807) is 16.9 Å². The molecule has 1 aromatic carbocycles. The minimum Gasteiger partial charge on any atom is -0.328 e. The minimum atomic E-state index is -0.206. The van der Waals surface area contributed by atoms with Gasteiger partial charge in [-0.1, -0.05) is 23.9 Å². The molecule has 0 radical (unpaired) electrons. The second-order valence-corrected chi connectivity index (χ2v) is 5.45. The lowest BCUT2D eigenvalue weighted by Gasteiger charge is -2.11. The van der Waals surface area contributed by atoms with Crippen LogP contribution in [0.25, 0.3) is 0 Å². The smallest absolute Gasteiger partial charge is 0.137 e. The van der Waals surface area contributed by atoms with Crippen molar-refractivity contribution in [2.45, 2.75) is 29.2 Å². The molecule has 1 atom stereocenters. The molecule has 0 aliphatic carbocycles. The topological polar surface area (TPSA) is 43.8 Å². The molecule has 1 aromatic heterocycles.